The zero-order valence-corrected chi connectivity index (χ0v) is 50.2. The molecule has 0 atom stereocenters. The minimum atomic E-state index is -2.08. The van der Waals surface area contributed by atoms with Gasteiger partial charge in [-0.1, -0.05) is 64.2 Å². The number of carbonyl (C=O) groups is 2. The normalized spacial score (nSPS) is 12.8. The smallest absolute Gasteiger partial charge is 0.343 e. The first kappa shape index (κ1) is 58.7. The number of benzene rings is 3. The maximum Gasteiger partial charge on any atom is 0.343 e. The van der Waals surface area contributed by atoms with E-state index in [1.807, 2.05) is 6.92 Å². The number of carbonyl (C=O) groups excluding carboxylic acids is 2. The Bertz CT molecular complexity index is 1940. The van der Waals surface area contributed by atoms with Gasteiger partial charge in [0.15, 0.2) is 33.3 Å². The molecular formula is C51H88O10Si6. The Kier molecular flexibility index (Phi) is 23.7. The molecule has 3 aromatic rings. The molecule has 16 heteroatoms. The van der Waals surface area contributed by atoms with Crippen LogP contribution in [-0.4, -0.2) is 75.5 Å². The van der Waals surface area contributed by atoms with E-state index in [4.69, 9.17) is 35.4 Å². The number of aryl methyl sites for hydroxylation is 1. The average Bonchev–Trinajstić information content (AvgIpc) is 3.18. The Morgan fingerprint density at radius 3 is 1.12 bits per heavy atom. The Balaban J connectivity index is 1.28. The number of esters is 2. The molecular weight excluding hydrogens is 941 g/mol. The van der Waals surface area contributed by atoms with Gasteiger partial charge < -0.3 is 35.4 Å². The Hall–Kier alpha value is -2.66. The molecule has 0 N–H and O–H groups in total. The van der Waals surface area contributed by atoms with Gasteiger partial charge in [-0.25, -0.2) is 9.59 Å². The van der Waals surface area contributed by atoms with Gasteiger partial charge in [0, 0.05) is 0 Å². The number of rotatable bonds is 32. The van der Waals surface area contributed by atoms with E-state index in [-0.39, 0.29) is 0 Å². The molecule has 0 aliphatic rings. The Morgan fingerprint density at radius 2 is 0.746 bits per heavy atom. The fourth-order valence-corrected chi connectivity index (χ4v) is 35.1. The molecule has 0 fully saturated rings. The van der Waals surface area contributed by atoms with Crippen LogP contribution >= 0.6 is 0 Å². The third-order valence-electron chi connectivity index (χ3n) is 10.8. The van der Waals surface area contributed by atoms with Crippen molar-refractivity contribution in [2.45, 2.75) is 188 Å². The molecule has 0 spiro atoms. The molecule has 0 bridgehead atoms. The lowest BCUT2D eigenvalue weighted by molar-refractivity contribution is 0.0718. The SMILES string of the molecule is Cc1cc(OC(=O)c2ccc(OCCCCCCCC[Si](C)(C)O[Si](C)(C)O[Si](C)(C)C)cc2)ccc1OC(=O)c1ccc(OCCCCCCCC[Si](C)(C)O[Si](C)(C)O[Si](C)(C)C)cc1. The Labute approximate surface area is 412 Å². The standard InChI is InChI=1S/C51H88O10Si6/c1-43-42-48(56-50(52)44-28-32-46(33-29-44)54-38-24-20-16-18-22-26-40-64(8,9)60-66(12,13)58-62(2,3)4)36-37-49(43)57-51(53)45-30-34-47(35-31-45)55-39-25-21-17-19-23-27-41-65(10,11)61-67(14,15)59-63(5,6)7/h28-37,42H,16-27,38-41H2,1-15H3. The van der Waals surface area contributed by atoms with Crippen LogP contribution < -0.4 is 18.9 Å². The van der Waals surface area contributed by atoms with Crippen molar-refractivity contribution in [1.82, 2.24) is 0 Å². The average molecular weight is 1030 g/mol. The monoisotopic (exact) mass is 1030 g/mol. The number of unbranched alkanes of at least 4 members (excludes halogenated alkanes) is 10. The number of hydrogen-bond acceptors (Lipinski definition) is 10. The van der Waals surface area contributed by atoms with E-state index in [0.29, 0.717) is 41.4 Å². The minimum Gasteiger partial charge on any atom is -0.494 e. The van der Waals surface area contributed by atoms with Crippen molar-refractivity contribution in [3.63, 3.8) is 0 Å². The molecule has 0 amide bonds. The van der Waals surface area contributed by atoms with Gasteiger partial charge in [-0.15, -0.1) is 0 Å². The molecule has 0 saturated carbocycles. The Morgan fingerprint density at radius 1 is 0.403 bits per heavy atom. The molecule has 3 aromatic carbocycles. The van der Waals surface area contributed by atoms with Crippen LogP contribution in [0.1, 0.15) is 103 Å². The zero-order valence-electron chi connectivity index (χ0n) is 44.2. The van der Waals surface area contributed by atoms with Crippen molar-refractivity contribution in [2.75, 3.05) is 13.2 Å². The summed E-state index contributed by atoms with van der Waals surface area (Å²) in [6.45, 7) is 34.6. The summed E-state index contributed by atoms with van der Waals surface area (Å²) in [4.78, 5) is 25.9. The first-order valence-corrected chi connectivity index (χ1v) is 43.6. The van der Waals surface area contributed by atoms with Gasteiger partial charge in [0.1, 0.15) is 23.0 Å². The van der Waals surface area contributed by atoms with Crippen LogP contribution in [0, 0.1) is 6.92 Å². The summed E-state index contributed by atoms with van der Waals surface area (Å²) in [6, 6.07) is 21.4. The predicted octanol–water partition coefficient (Wildman–Crippen LogP) is 15.4. The fraction of sp³-hybridized carbons (Fsp3) is 0.608. The highest BCUT2D eigenvalue weighted by Crippen LogP contribution is 2.28. The van der Waals surface area contributed by atoms with Gasteiger partial charge in [-0.3, -0.25) is 0 Å². The van der Waals surface area contributed by atoms with Crippen LogP contribution in [0.4, 0.5) is 0 Å². The molecule has 0 aliphatic heterocycles. The molecule has 67 heavy (non-hydrogen) atoms. The summed E-state index contributed by atoms with van der Waals surface area (Å²) < 4.78 is 49.4. The van der Waals surface area contributed by atoms with Gasteiger partial charge in [0.05, 0.1) is 24.3 Å². The van der Waals surface area contributed by atoms with E-state index in [0.717, 1.165) is 37.2 Å². The van der Waals surface area contributed by atoms with Crippen LogP contribution in [0.3, 0.4) is 0 Å². The highest BCUT2D eigenvalue weighted by atomic mass is 28.5. The molecule has 376 valence electrons. The molecule has 0 heterocycles. The van der Waals surface area contributed by atoms with Crippen LogP contribution in [-0.2, 0) is 16.5 Å². The largest absolute Gasteiger partial charge is 0.494 e. The van der Waals surface area contributed by atoms with Crippen LogP contribution in [0.5, 0.6) is 23.0 Å². The third-order valence-corrected chi connectivity index (χ3v) is 31.1. The molecule has 0 aromatic heterocycles. The lowest BCUT2D eigenvalue weighted by Crippen LogP contribution is -2.51. The number of hydrogen-bond donors (Lipinski definition) is 0. The van der Waals surface area contributed by atoms with E-state index in [2.05, 4.69) is 91.7 Å². The minimum absolute atomic E-state index is 0.362. The van der Waals surface area contributed by atoms with E-state index < -0.39 is 62.3 Å². The maximum absolute atomic E-state index is 13.0. The van der Waals surface area contributed by atoms with E-state index in [9.17, 15) is 9.59 Å². The highest BCUT2D eigenvalue weighted by molar-refractivity contribution is 6.88. The molecule has 0 aliphatic carbocycles. The van der Waals surface area contributed by atoms with Crippen molar-refractivity contribution in [2.24, 2.45) is 0 Å². The summed E-state index contributed by atoms with van der Waals surface area (Å²) in [7, 11) is -10.8. The predicted molar refractivity (Wildman–Crippen MR) is 291 cm³/mol. The zero-order chi connectivity index (χ0) is 49.9. The lowest BCUT2D eigenvalue weighted by Gasteiger charge is -2.37. The molecule has 0 unspecified atom stereocenters. The summed E-state index contributed by atoms with van der Waals surface area (Å²) in [6.07, 6.45) is 13.9. The maximum atomic E-state index is 13.0. The summed E-state index contributed by atoms with van der Waals surface area (Å²) in [5, 5.41) is 0. The topological polar surface area (TPSA) is 108 Å². The fourth-order valence-electron chi connectivity index (χ4n) is 8.55. The first-order valence-electron chi connectivity index (χ1n) is 24.9. The lowest BCUT2D eigenvalue weighted by atomic mass is 10.1. The van der Waals surface area contributed by atoms with Gasteiger partial charge in [0.25, 0.3) is 0 Å². The quantitative estimate of drug-likeness (QED) is 0.0260. The van der Waals surface area contributed by atoms with Crippen molar-refractivity contribution in [3.8, 4) is 23.0 Å². The van der Waals surface area contributed by atoms with Gasteiger partial charge in [-0.2, -0.15) is 0 Å². The molecule has 10 nitrogen and oxygen atoms in total. The molecule has 0 radical (unpaired) electrons. The summed E-state index contributed by atoms with van der Waals surface area (Å²) in [5.41, 5.74) is 1.51. The van der Waals surface area contributed by atoms with Gasteiger partial charge in [-0.05, 0) is 196 Å². The second-order valence-electron chi connectivity index (χ2n) is 22.1. The van der Waals surface area contributed by atoms with Crippen LogP contribution in [0.2, 0.25) is 104 Å². The van der Waals surface area contributed by atoms with E-state index in [1.54, 1.807) is 66.7 Å². The third kappa shape index (κ3) is 25.7. The molecule has 0 saturated heterocycles. The van der Waals surface area contributed by atoms with Gasteiger partial charge >= 0.3 is 29.1 Å². The first-order chi connectivity index (χ1) is 31.1. The van der Waals surface area contributed by atoms with Crippen LogP contribution in [0.15, 0.2) is 66.7 Å². The van der Waals surface area contributed by atoms with Crippen LogP contribution in [0.25, 0.3) is 0 Å². The summed E-state index contributed by atoms with van der Waals surface area (Å²) >= 11 is 0. The second-order valence-corrected chi connectivity index (χ2v) is 47.5. The number of ether oxygens (including phenoxy) is 4. The highest BCUT2D eigenvalue weighted by Gasteiger charge is 2.39. The van der Waals surface area contributed by atoms with Crippen molar-refractivity contribution >= 4 is 62.3 Å². The van der Waals surface area contributed by atoms with Crippen molar-refractivity contribution in [3.05, 3.63) is 83.4 Å². The van der Waals surface area contributed by atoms with Gasteiger partial charge in [0.2, 0.25) is 0 Å². The van der Waals surface area contributed by atoms with Crippen molar-refractivity contribution in [1.29, 1.82) is 0 Å². The van der Waals surface area contributed by atoms with E-state index in [1.165, 1.54) is 63.5 Å². The van der Waals surface area contributed by atoms with E-state index >= 15 is 0 Å². The summed E-state index contributed by atoms with van der Waals surface area (Å²) in [5.74, 6) is 1.25. The second kappa shape index (κ2) is 27.1. The van der Waals surface area contributed by atoms with Crippen molar-refractivity contribution < 1.29 is 45.0 Å². The molecule has 3 rings (SSSR count).